The van der Waals surface area contributed by atoms with Gasteiger partial charge in [0.05, 0.1) is 0 Å². The minimum absolute atomic E-state index is 0.0482. The molecule has 0 radical (unpaired) electrons. The second kappa shape index (κ2) is 6.63. The highest BCUT2D eigenvalue weighted by molar-refractivity contribution is 5.92. The van der Waals surface area contributed by atoms with Crippen LogP contribution < -0.4 is 10.9 Å². The van der Waals surface area contributed by atoms with Crippen LogP contribution in [0.5, 0.6) is 0 Å². The van der Waals surface area contributed by atoms with Crippen molar-refractivity contribution in [2.75, 3.05) is 0 Å². The van der Waals surface area contributed by atoms with Gasteiger partial charge in [0.1, 0.15) is 5.76 Å². The fourth-order valence-corrected chi connectivity index (χ4v) is 3.25. The number of amides is 1. The second-order valence-corrected chi connectivity index (χ2v) is 6.88. The first-order valence-electron chi connectivity index (χ1n) is 8.40. The Bertz CT molecular complexity index is 804. The van der Waals surface area contributed by atoms with Gasteiger partial charge in [-0.05, 0) is 37.7 Å². The van der Waals surface area contributed by atoms with Crippen LogP contribution in [0.1, 0.15) is 47.8 Å². The summed E-state index contributed by atoms with van der Waals surface area (Å²) in [4.78, 5) is 24.4. The summed E-state index contributed by atoms with van der Waals surface area (Å²) in [7, 11) is 0. The van der Waals surface area contributed by atoms with Crippen LogP contribution in [0, 0.1) is 12.8 Å². The number of aromatic nitrogens is 2. The summed E-state index contributed by atoms with van der Waals surface area (Å²) < 4.78 is 6.84. The SMILES string of the molecule is Cc1cc(C(=O)N[C@H]2CCc3c(ccc(=O)n3CC(C)C)C2)no1. The third-order valence-corrected chi connectivity index (χ3v) is 4.33. The average molecular weight is 329 g/mol. The van der Waals surface area contributed by atoms with E-state index in [1.165, 1.54) is 0 Å². The number of rotatable bonds is 4. The fourth-order valence-electron chi connectivity index (χ4n) is 3.25. The highest BCUT2D eigenvalue weighted by Gasteiger charge is 2.24. The maximum Gasteiger partial charge on any atom is 0.273 e. The van der Waals surface area contributed by atoms with Crippen molar-refractivity contribution in [1.29, 1.82) is 0 Å². The van der Waals surface area contributed by atoms with Crippen molar-refractivity contribution in [1.82, 2.24) is 15.0 Å². The van der Waals surface area contributed by atoms with Crippen LogP contribution in [-0.2, 0) is 19.4 Å². The van der Waals surface area contributed by atoms with Crippen molar-refractivity contribution in [3.8, 4) is 0 Å². The number of hydrogen-bond donors (Lipinski definition) is 1. The minimum atomic E-state index is -0.212. The Morgan fingerprint density at radius 3 is 2.92 bits per heavy atom. The van der Waals surface area contributed by atoms with E-state index in [-0.39, 0.29) is 17.5 Å². The van der Waals surface area contributed by atoms with Crippen molar-refractivity contribution in [3.63, 3.8) is 0 Å². The molecule has 0 unspecified atom stereocenters. The first-order chi connectivity index (χ1) is 11.4. The molecular weight excluding hydrogens is 306 g/mol. The molecule has 6 heteroatoms. The van der Waals surface area contributed by atoms with E-state index in [1.807, 2.05) is 10.6 Å². The van der Waals surface area contributed by atoms with Crippen LogP contribution in [0.3, 0.4) is 0 Å². The van der Waals surface area contributed by atoms with E-state index in [9.17, 15) is 9.59 Å². The van der Waals surface area contributed by atoms with Crippen LogP contribution >= 0.6 is 0 Å². The Balaban J connectivity index is 1.75. The number of nitrogens with one attached hydrogen (secondary N) is 1. The molecule has 1 N–H and O–H groups in total. The minimum Gasteiger partial charge on any atom is -0.361 e. The van der Waals surface area contributed by atoms with Crippen molar-refractivity contribution < 1.29 is 9.32 Å². The van der Waals surface area contributed by atoms with Gasteiger partial charge >= 0.3 is 0 Å². The summed E-state index contributed by atoms with van der Waals surface area (Å²) in [6, 6.07) is 5.21. The highest BCUT2D eigenvalue weighted by Crippen LogP contribution is 2.21. The van der Waals surface area contributed by atoms with E-state index in [0.29, 0.717) is 17.4 Å². The van der Waals surface area contributed by atoms with Gasteiger partial charge in [0.2, 0.25) is 0 Å². The Labute approximate surface area is 140 Å². The lowest BCUT2D eigenvalue weighted by Crippen LogP contribution is -2.40. The van der Waals surface area contributed by atoms with E-state index in [0.717, 1.165) is 37.1 Å². The fraction of sp³-hybridized carbons (Fsp3) is 0.500. The smallest absolute Gasteiger partial charge is 0.273 e. The van der Waals surface area contributed by atoms with Gasteiger partial charge in [0, 0.05) is 30.4 Å². The maximum absolute atomic E-state index is 12.2. The van der Waals surface area contributed by atoms with Crippen LogP contribution in [-0.4, -0.2) is 21.7 Å². The quantitative estimate of drug-likeness (QED) is 0.932. The second-order valence-electron chi connectivity index (χ2n) is 6.88. The standard InChI is InChI=1S/C18H23N3O3/c1-11(2)10-21-16-6-5-14(9-13(16)4-7-17(21)22)19-18(23)15-8-12(3)24-20-15/h4,7-8,11,14H,5-6,9-10H2,1-3H3,(H,19,23)/t14-/m0/s1. The van der Waals surface area contributed by atoms with Gasteiger partial charge in [-0.15, -0.1) is 0 Å². The molecule has 1 aliphatic rings. The summed E-state index contributed by atoms with van der Waals surface area (Å²) in [5.74, 6) is 0.824. The number of nitrogens with zero attached hydrogens (tertiary/aromatic N) is 2. The zero-order valence-corrected chi connectivity index (χ0v) is 14.3. The molecule has 3 rings (SSSR count). The molecule has 2 heterocycles. The van der Waals surface area contributed by atoms with Gasteiger partial charge in [-0.3, -0.25) is 9.59 Å². The number of aryl methyl sites for hydroxylation is 1. The highest BCUT2D eigenvalue weighted by atomic mass is 16.5. The molecule has 0 bridgehead atoms. The molecule has 0 saturated carbocycles. The number of hydrogen-bond acceptors (Lipinski definition) is 4. The largest absolute Gasteiger partial charge is 0.361 e. The Kier molecular flexibility index (Phi) is 4.55. The summed E-state index contributed by atoms with van der Waals surface area (Å²) >= 11 is 0. The summed E-state index contributed by atoms with van der Waals surface area (Å²) in [5.41, 5.74) is 2.62. The Morgan fingerprint density at radius 1 is 1.46 bits per heavy atom. The van der Waals surface area contributed by atoms with Crippen molar-refractivity contribution >= 4 is 5.91 Å². The maximum atomic E-state index is 12.2. The Hall–Kier alpha value is -2.37. The molecule has 0 saturated heterocycles. The molecule has 24 heavy (non-hydrogen) atoms. The normalized spacial score (nSPS) is 16.9. The summed E-state index contributed by atoms with van der Waals surface area (Å²) in [5, 5.41) is 6.77. The number of pyridine rings is 1. The van der Waals surface area contributed by atoms with Crippen LogP contribution in [0.15, 0.2) is 27.5 Å². The third-order valence-electron chi connectivity index (χ3n) is 4.33. The Morgan fingerprint density at radius 2 is 2.25 bits per heavy atom. The first kappa shape index (κ1) is 16.5. The van der Waals surface area contributed by atoms with E-state index >= 15 is 0 Å². The lowest BCUT2D eigenvalue weighted by atomic mass is 9.91. The molecular formula is C18H23N3O3. The first-order valence-corrected chi connectivity index (χ1v) is 8.40. The molecule has 1 amide bonds. The van der Waals surface area contributed by atoms with Crippen molar-refractivity contribution in [2.24, 2.45) is 5.92 Å². The van der Waals surface area contributed by atoms with Crippen molar-refractivity contribution in [2.45, 2.75) is 52.6 Å². The van der Waals surface area contributed by atoms with Crippen LogP contribution in [0.25, 0.3) is 0 Å². The third kappa shape index (κ3) is 3.42. The van der Waals surface area contributed by atoms with Gasteiger partial charge < -0.3 is 14.4 Å². The van der Waals surface area contributed by atoms with E-state index in [2.05, 4.69) is 24.3 Å². The van der Waals surface area contributed by atoms with Crippen LogP contribution in [0.4, 0.5) is 0 Å². The molecule has 0 fully saturated rings. The van der Waals surface area contributed by atoms with Gasteiger partial charge in [0.25, 0.3) is 11.5 Å². The lowest BCUT2D eigenvalue weighted by molar-refractivity contribution is 0.0924. The zero-order valence-electron chi connectivity index (χ0n) is 14.3. The molecule has 0 aromatic carbocycles. The lowest BCUT2D eigenvalue weighted by Gasteiger charge is -2.28. The molecule has 2 aromatic heterocycles. The van der Waals surface area contributed by atoms with Gasteiger partial charge in [-0.25, -0.2) is 0 Å². The molecule has 0 spiro atoms. The predicted molar refractivity (Wildman–Crippen MR) is 90.1 cm³/mol. The number of fused-ring (bicyclic) bond motifs is 1. The molecule has 0 aliphatic heterocycles. The average Bonchev–Trinajstić information content (AvgIpc) is 2.96. The number of carbonyl (C=O) groups is 1. The molecule has 2 aromatic rings. The molecule has 128 valence electrons. The van der Waals surface area contributed by atoms with E-state index < -0.39 is 0 Å². The number of carbonyl (C=O) groups excluding carboxylic acids is 1. The summed E-state index contributed by atoms with van der Waals surface area (Å²) in [6.45, 7) is 6.71. The van der Waals surface area contributed by atoms with Gasteiger partial charge in [-0.2, -0.15) is 0 Å². The molecule has 6 nitrogen and oxygen atoms in total. The monoisotopic (exact) mass is 329 g/mol. The predicted octanol–water partition coefficient (Wildman–Crippen LogP) is 2.09. The van der Waals surface area contributed by atoms with E-state index in [4.69, 9.17) is 4.52 Å². The van der Waals surface area contributed by atoms with Gasteiger partial charge in [0.15, 0.2) is 5.69 Å². The molecule has 1 atom stereocenters. The van der Waals surface area contributed by atoms with Crippen molar-refractivity contribution in [3.05, 3.63) is 51.3 Å². The molecule has 1 aliphatic carbocycles. The van der Waals surface area contributed by atoms with Gasteiger partial charge in [-0.1, -0.05) is 25.1 Å². The summed E-state index contributed by atoms with van der Waals surface area (Å²) in [6.07, 6.45) is 2.34. The van der Waals surface area contributed by atoms with Crippen LogP contribution in [0.2, 0.25) is 0 Å². The topological polar surface area (TPSA) is 77.1 Å². The zero-order chi connectivity index (χ0) is 17.3. The van der Waals surface area contributed by atoms with E-state index in [1.54, 1.807) is 19.1 Å².